The Hall–Kier alpha value is -6.91. The summed E-state index contributed by atoms with van der Waals surface area (Å²) in [5.74, 6) is 1.09. The first-order valence-corrected chi connectivity index (χ1v) is 30.3. The number of hydrogen-bond acceptors (Lipinski definition) is 19. The number of piperidine rings is 1. The molecule has 9 heterocycles. The van der Waals surface area contributed by atoms with Crippen LogP contribution in [-0.2, 0) is 14.3 Å². The zero-order valence-electron chi connectivity index (χ0n) is 47.4. The first kappa shape index (κ1) is 55.6. The molecule has 2 bridgehead atoms. The van der Waals surface area contributed by atoms with Crippen molar-refractivity contribution in [2.45, 2.75) is 127 Å². The Balaban J connectivity index is 0.553. The second kappa shape index (κ2) is 24.1. The Labute approximate surface area is 483 Å². The molecule has 20 nitrogen and oxygen atoms in total. The van der Waals surface area contributed by atoms with Crippen LogP contribution in [0.2, 0.25) is 0 Å². The zero-order chi connectivity index (χ0) is 56.6. The van der Waals surface area contributed by atoms with Crippen LogP contribution in [-0.4, -0.2) is 177 Å². The number of thiazole rings is 1. The number of fused-ring (bicyclic) bond motifs is 2. The van der Waals surface area contributed by atoms with Gasteiger partial charge in [-0.3, -0.25) is 14.5 Å². The number of aliphatic hydroxyl groups is 1. The van der Waals surface area contributed by atoms with Gasteiger partial charge in [0.05, 0.1) is 51.8 Å². The summed E-state index contributed by atoms with van der Waals surface area (Å²) in [6, 6.07) is 22.8. The molecule has 4 aromatic heterocycles. The molecule has 434 valence electrons. The van der Waals surface area contributed by atoms with Crippen LogP contribution in [0.4, 0.5) is 23.0 Å². The Morgan fingerprint density at radius 1 is 0.817 bits per heavy atom. The lowest BCUT2D eigenvalue weighted by atomic mass is 9.91. The predicted octanol–water partition coefficient (Wildman–Crippen LogP) is 6.90. The summed E-state index contributed by atoms with van der Waals surface area (Å²) < 4.78 is 19.0. The minimum atomic E-state index is -0.805. The monoisotopic (exact) mass is 1140 g/mol. The average Bonchev–Trinajstić information content (AvgIpc) is 3.82. The van der Waals surface area contributed by atoms with Gasteiger partial charge in [-0.2, -0.15) is 0 Å². The van der Waals surface area contributed by atoms with E-state index in [0.717, 1.165) is 137 Å². The average molecular weight is 1140 g/mol. The van der Waals surface area contributed by atoms with Crippen molar-refractivity contribution >= 4 is 46.2 Å². The number of nitrogens with zero attached hydrogens (tertiary/aromatic N) is 11. The van der Waals surface area contributed by atoms with Crippen LogP contribution in [0.25, 0.3) is 21.7 Å². The number of phenols is 1. The van der Waals surface area contributed by atoms with Gasteiger partial charge in [-0.25, -0.2) is 9.97 Å². The maximum Gasteiger partial charge on any atom is 0.243 e. The molecule has 6 aromatic rings. The van der Waals surface area contributed by atoms with Gasteiger partial charge >= 0.3 is 0 Å². The van der Waals surface area contributed by atoms with Crippen molar-refractivity contribution in [3.8, 4) is 33.3 Å². The lowest BCUT2D eigenvalue weighted by Crippen LogP contribution is -2.54. The minimum Gasteiger partial charge on any atom is -0.507 e. The van der Waals surface area contributed by atoms with E-state index in [4.69, 9.17) is 19.7 Å². The number of likely N-dealkylation sites (tertiary alicyclic amines) is 2. The highest BCUT2D eigenvalue weighted by Crippen LogP contribution is 2.41. The molecule has 5 aliphatic heterocycles. The Kier molecular flexibility index (Phi) is 16.4. The number of hydrogen-bond donors (Lipinski definition) is 4. The third-order valence-corrected chi connectivity index (χ3v) is 18.9. The SMILES string of the molecule is Cc1ncsc1-c1ccc([C@H](C)NC(=O)[C@@H]2C[C@@H](O)CN2C(=O)[C@H](c2cc(N3CCN(CCN4CCC(O[C@H]5C[C@H](Oc6cc(N7C8CCC7CN(c7cc(-c9ccccc9O)nnc7N)C8)ccn6)C5)CC4)CC3)no2)C(C)C)cc1. The van der Waals surface area contributed by atoms with Crippen molar-refractivity contribution < 1.29 is 33.8 Å². The molecule has 2 unspecified atom stereocenters. The molecule has 6 fully saturated rings. The number of aromatic hydroxyl groups is 1. The molecule has 2 amide bonds. The molecule has 2 aromatic carbocycles. The Morgan fingerprint density at radius 3 is 2.26 bits per heavy atom. The fraction of sp³-hybridized carbons (Fsp3) is 0.525. The maximum atomic E-state index is 14.4. The number of piperazine rings is 2. The van der Waals surface area contributed by atoms with Crippen molar-refractivity contribution in [3.05, 3.63) is 102 Å². The summed E-state index contributed by atoms with van der Waals surface area (Å²) in [6.45, 7) is 17.0. The number of β-amino-alcohol motifs (C(OH)–C–C–N with tert-alkyl or cyclic N) is 1. The second-order valence-corrected chi connectivity index (χ2v) is 24.6. The lowest BCUT2D eigenvalue weighted by Gasteiger charge is -2.43. The fourth-order valence-corrected chi connectivity index (χ4v) is 14.0. The van der Waals surface area contributed by atoms with Gasteiger partial charge in [0.25, 0.3) is 0 Å². The highest BCUT2D eigenvalue weighted by molar-refractivity contribution is 7.13. The number of phenolic OH excluding ortho intramolecular Hbond substituents is 1. The minimum absolute atomic E-state index is 0.0816. The lowest BCUT2D eigenvalue weighted by molar-refractivity contribution is -0.141. The number of carbonyl (C=O) groups is 2. The molecule has 6 atom stereocenters. The largest absolute Gasteiger partial charge is 0.507 e. The third-order valence-electron chi connectivity index (χ3n) is 17.9. The summed E-state index contributed by atoms with van der Waals surface area (Å²) in [5, 5.41) is 37.4. The second-order valence-electron chi connectivity index (χ2n) is 23.7. The van der Waals surface area contributed by atoms with Crippen molar-refractivity contribution in [2.24, 2.45) is 5.92 Å². The summed E-state index contributed by atoms with van der Waals surface area (Å²) in [4.78, 5) is 52.0. The van der Waals surface area contributed by atoms with Crippen LogP contribution >= 0.6 is 11.3 Å². The van der Waals surface area contributed by atoms with E-state index in [-0.39, 0.29) is 60.8 Å². The highest BCUT2D eigenvalue weighted by Gasteiger charge is 2.45. The van der Waals surface area contributed by atoms with E-state index in [2.05, 4.69) is 67.3 Å². The number of aliphatic hydroxyl groups excluding tert-OH is 1. The van der Waals surface area contributed by atoms with E-state index < -0.39 is 18.1 Å². The van der Waals surface area contributed by atoms with Crippen LogP contribution in [0.5, 0.6) is 11.6 Å². The molecule has 0 radical (unpaired) electrons. The maximum absolute atomic E-state index is 14.4. The number of nitrogen functional groups attached to an aromatic ring is 1. The quantitative estimate of drug-likeness (QED) is 0.0686. The number of benzene rings is 2. The fourth-order valence-electron chi connectivity index (χ4n) is 13.2. The molecule has 21 heteroatoms. The molecule has 5 saturated heterocycles. The van der Waals surface area contributed by atoms with E-state index in [0.29, 0.717) is 46.6 Å². The standard InChI is InChI=1S/C61H77N13O7S/c1-37(2)57(61(78)73-35-45(75)28-52(73)60(77)65-38(3)40-9-11-41(12-10-40)58-39(4)64-36-82-58)54-32-55(68-81-54)71-25-23-70(24-26-71)22-21-69-19-16-46(17-20-69)79-47-29-48(30-47)80-56-27-42(15-18-63-56)74-43-13-14-44(74)34-72(33-43)51-31-50(66-67-59(51)62)49-7-5-6-8-53(49)76/h5-12,15,18,27,31-32,36-38,43-48,52,57,75-76H,13-14,16-17,19-26,28-30,33-35H2,1-4H3,(H2,62,67)(H,65,77)/t38-,43?,44?,45+,47-,48-,52-,57-/m0/s1. The number of pyridine rings is 1. The molecule has 0 spiro atoms. The number of ether oxygens (including phenoxy) is 2. The number of para-hydroxylation sites is 1. The molecule has 6 aliphatic rings. The van der Waals surface area contributed by atoms with Gasteiger partial charge in [-0.15, -0.1) is 21.5 Å². The van der Waals surface area contributed by atoms with E-state index >= 15 is 0 Å². The third kappa shape index (κ3) is 12.0. The first-order chi connectivity index (χ1) is 39.8. The number of amides is 2. The summed E-state index contributed by atoms with van der Waals surface area (Å²) in [7, 11) is 0. The summed E-state index contributed by atoms with van der Waals surface area (Å²) in [5.41, 5.74) is 14.5. The zero-order valence-corrected chi connectivity index (χ0v) is 48.2. The van der Waals surface area contributed by atoms with Crippen LogP contribution in [0.1, 0.15) is 94.7 Å². The van der Waals surface area contributed by atoms with Gasteiger partial charge in [0.15, 0.2) is 17.4 Å². The highest BCUT2D eigenvalue weighted by atomic mass is 32.1. The smallest absolute Gasteiger partial charge is 0.243 e. The van der Waals surface area contributed by atoms with Crippen molar-refractivity contribution in [1.82, 2.24) is 45.3 Å². The molecular weight excluding hydrogens is 1060 g/mol. The van der Waals surface area contributed by atoms with E-state index in [1.54, 1.807) is 23.5 Å². The van der Waals surface area contributed by atoms with E-state index in [1.807, 2.05) is 87.9 Å². The first-order valence-electron chi connectivity index (χ1n) is 29.5. The van der Waals surface area contributed by atoms with Crippen LogP contribution in [0, 0.1) is 12.8 Å². The van der Waals surface area contributed by atoms with E-state index in [9.17, 15) is 19.8 Å². The van der Waals surface area contributed by atoms with Gasteiger partial charge < -0.3 is 59.8 Å². The number of anilines is 4. The number of aryl methyl sites for hydroxylation is 1. The van der Waals surface area contributed by atoms with Gasteiger partial charge in [0.2, 0.25) is 17.7 Å². The number of nitrogens with two attached hydrogens (primary N) is 1. The molecule has 82 heavy (non-hydrogen) atoms. The van der Waals surface area contributed by atoms with Crippen molar-refractivity contribution in [1.29, 1.82) is 0 Å². The van der Waals surface area contributed by atoms with Gasteiger partial charge in [-0.05, 0) is 80.8 Å². The van der Waals surface area contributed by atoms with Crippen LogP contribution in [0.3, 0.4) is 0 Å². The molecule has 12 rings (SSSR count). The number of rotatable bonds is 18. The van der Waals surface area contributed by atoms with Gasteiger partial charge in [-0.1, -0.05) is 55.4 Å². The molecular formula is C61H77N13O7S. The van der Waals surface area contributed by atoms with Gasteiger partial charge in [0, 0.05) is 133 Å². The van der Waals surface area contributed by atoms with Gasteiger partial charge in [0.1, 0.15) is 23.8 Å². The van der Waals surface area contributed by atoms with Crippen molar-refractivity contribution in [3.63, 3.8) is 0 Å². The number of carbonyl (C=O) groups excluding carboxylic acids is 2. The number of aromatic nitrogens is 5. The predicted molar refractivity (Wildman–Crippen MR) is 315 cm³/mol. The van der Waals surface area contributed by atoms with E-state index in [1.165, 1.54) is 4.90 Å². The summed E-state index contributed by atoms with van der Waals surface area (Å²) in [6.07, 6.45) is 7.74. The summed E-state index contributed by atoms with van der Waals surface area (Å²) >= 11 is 1.60. The molecule has 1 saturated carbocycles. The van der Waals surface area contributed by atoms with Crippen LogP contribution in [0.15, 0.2) is 89.0 Å². The normalized spacial score (nSPS) is 24.2. The molecule has 1 aliphatic carbocycles. The van der Waals surface area contributed by atoms with Crippen LogP contribution < -0.4 is 30.5 Å². The topological polar surface area (TPSA) is 228 Å². The number of nitrogens with one attached hydrogen (secondary N) is 1. The Bertz CT molecular complexity index is 3160. The Morgan fingerprint density at radius 2 is 1.55 bits per heavy atom. The van der Waals surface area contributed by atoms with Crippen molar-refractivity contribution in [2.75, 3.05) is 92.4 Å². The molecule has 5 N–H and O–H groups in total.